The molecule has 0 aromatic carbocycles. The van der Waals surface area contributed by atoms with Crippen LogP contribution < -0.4 is 0 Å². The van der Waals surface area contributed by atoms with Gasteiger partial charge in [0, 0.05) is 6.42 Å². The van der Waals surface area contributed by atoms with E-state index in [2.05, 4.69) is 20.8 Å². The summed E-state index contributed by atoms with van der Waals surface area (Å²) in [6, 6.07) is 0. The molecule has 3 nitrogen and oxygen atoms in total. The Morgan fingerprint density at radius 1 is 1.13 bits per heavy atom. The lowest BCUT2D eigenvalue weighted by molar-refractivity contribution is -0.170. The molecular weight excluding hydrogens is 288 g/mol. The summed E-state index contributed by atoms with van der Waals surface area (Å²) >= 11 is 0. The maximum absolute atomic E-state index is 12.2. The van der Waals surface area contributed by atoms with E-state index in [1.807, 2.05) is 6.08 Å². The van der Waals surface area contributed by atoms with Gasteiger partial charge in [0.15, 0.2) is 0 Å². The lowest BCUT2D eigenvalue weighted by atomic mass is 9.42. The van der Waals surface area contributed by atoms with Crippen molar-refractivity contribution in [2.75, 3.05) is 0 Å². The number of allylic oxidation sites excluding steroid dienone is 1. The van der Waals surface area contributed by atoms with E-state index >= 15 is 0 Å². The summed E-state index contributed by atoms with van der Waals surface area (Å²) in [4.78, 5) is 23.4. The van der Waals surface area contributed by atoms with Gasteiger partial charge >= 0.3 is 0 Å². The second-order valence-corrected chi connectivity index (χ2v) is 9.07. The predicted molar refractivity (Wildman–Crippen MR) is 89.8 cm³/mol. The number of aliphatic hydroxyl groups is 1. The molecule has 1 unspecified atom stereocenters. The van der Waals surface area contributed by atoms with Gasteiger partial charge in [0.25, 0.3) is 0 Å². The number of aliphatic hydroxyl groups excluding tert-OH is 1. The fourth-order valence-corrected chi connectivity index (χ4v) is 6.46. The minimum Gasteiger partial charge on any atom is -0.392 e. The minimum atomic E-state index is -0.730. The van der Waals surface area contributed by atoms with Crippen molar-refractivity contribution in [3.8, 4) is 0 Å². The Kier molecular flexibility index (Phi) is 4.07. The van der Waals surface area contributed by atoms with E-state index in [-0.39, 0.29) is 16.7 Å². The highest BCUT2D eigenvalue weighted by atomic mass is 16.3. The van der Waals surface area contributed by atoms with Crippen LogP contribution in [-0.2, 0) is 9.59 Å². The molecule has 1 N–H and O–H groups in total. The van der Waals surface area contributed by atoms with Crippen LogP contribution in [0, 0.1) is 28.1 Å². The zero-order chi connectivity index (χ0) is 16.9. The SMILES string of the molecule is CC1(C)CCC[C@]2(C)[C@H]3CC=C(C=O)CC(O)[C@]3(C=O)CC[C@@H]12. The molecule has 0 aliphatic heterocycles. The molecule has 0 saturated heterocycles. The molecule has 2 saturated carbocycles. The molecule has 0 aromatic heterocycles. The van der Waals surface area contributed by atoms with Gasteiger partial charge in [-0.05, 0) is 60.3 Å². The maximum Gasteiger partial charge on any atom is 0.145 e. The van der Waals surface area contributed by atoms with Crippen LogP contribution in [0.1, 0.15) is 65.7 Å². The van der Waals surface area contributed by atoms with Crippen molar-refractivity contribution in [1.29, 1.82) is 0 Å². The van der Waals surface area contributed by atoms with Crippen LogP contribution in [0.25, 0.3) is 0 Å². The molecule has 3 heteroatoms. The summed E-state index contributed by atoms with van der Waals surface area (Å²) in [6.07, 6.45) is 9.52. The summed E-state index contributed by atoms with van der Waals surface area (Å²) in [5.74, 6) is 0.721. The first kappa shape index (κ1) is 16.9. The fourth-order valence-electron chi connectivity index (χ4n) is 6.46. The van der Waals surface area contributed by atoms with Crippen LogP contribution in [-0.4, -0.2) is 23.8 Å². The first-order valence-corrected chi connectivity index (χ1v) is 9.09. The minimum absolute atomic E-state index is 0.0662. The molecule has 23 heavy (non-hydrogen) atoms. The molecule has 0 amide bonds. The normalized spacial score (nSPS) is 45.9. The molecule has 5 atom stereocenters. The number of hydrogen-bond donors (Lipinski definition) is 1. The van der Waals surface area contributed by atoms with Gasteiger partial charge in [-0.1, -0.05) is 33.3 Å². The van der Waals surface area contributed by atoms with Crippen LogP contribution in [0.5, 0.6) is 0 Å². The molecule has 3 rings (SSSR count). The van der Waals surface area contributed by atoms with Crippen LogP contribution in [0.3, 0.4) is 0 Å². The average Bonchev–Trinajstić information content (AvgIpc) is 2.64. The molecule has 0 bridgehead atoms. The first-order valence-electron chi connectivity index (χ1n) is 9.09. The third-order valence-electron chi connectivity index (χ3n) is 7.62. The molecule has 3 aliphatic rings. The van der Waals surface area contributed by atoms with Crippen molar-refractivity contribution in [2.24, 2.45) is 28.1 Å². The van der Waals surface area contributed by atoms with E-state index in [1.54, 1.807) is 0 Å². The Bertz CT molecular complexity index is 535. The van der Waals surface area contributed by atoms with Gasteiger partial charge < -0.3 is 9.90 Å². The highest BCUT2D eigenvalue weighted by Gasteiger charge is 2.61. The monoisotopic (exact) mass is 318 g/mol. The quantitative estimate of drug-likeness (QED) is 0.790. The molecule has 0 aromatic rings. The van der Waals surface area contributed by atoms with Gasteiger partial charge in [0.1, 0.15) is 12.6 Å². The standard InChI is InChI=1S/C20H30O3/c1-18(2)8-4-9-19(3)15(18)7-10-20(13-22)16(19)6-5-14(12-21)11-17(20)23/h5,12-13,15-17,23H,4,6-11H2,1-3H3/t15-,16+,17?,19-,20-/m0/s1. The molecule has 0 spiro atoms. The Hall–Kier alpha value is -0.960. The number of fused-ring (bicyclic) bond motifs is 3. The highest BCUT2D eigenvalue weighted by molar-refractivity contribution is 5.74. The first-order chi connectivity index (χ1) is 10.8. The van der Waals surface area contributed by atoms with Gasteiger partial charge in [-0.3, -0.25) is 4.79 Å². The second-order valence-electron chi connectivity index (χ2n) is 9.07. The summed E-state index contributed by atoms with van der Waals surface area (Å²) in [7, 11) is 0. The smallest absolute Gasteiger partial charge is 0.145 e. The molecule has 3 aliphatic carbocycles. The lowest BCUT2D eigenvalue weighted by Gasteiger charge is -2.62. The third kappa shape index (κ3) is 2.34. The molecule has 0 radical (unpaired) electrons. The van der Waals surface area contributed by atoms with Crippen LogP contribution in [0.15, 0.2) is 11.6 Å². The van der Waals surface area contributed by atoms with E-state index in [0.717, 1.165) is 38.3 Å². The predicted octanol–water partition coefficient (Wildman–Crippen LogP) is 3.69. The van der Waals surface area contributed by atoms with Crippen molar-refractivity contribution in [3.05, 3.63) is 11.6 Å². The van der Waals surface area contributed by atoms with Gasteiger partial charge in [-0.25, -0.2) is 0 Å². The third-order valence-corrected chi connectivity index (χ3v) is 7.62. The Morgan fingerprint density at radius 3 is 2.52 bits per heavy atom. The van der Waals surface area contributed by atoms with E-state index < -0.39 is 11.5 Å². The summed E-state index contributed by atoms with van der Waals surface area (Å²) in [5.41, 5.74) is 0.330. The zero-order valence-corrected chi connectivity index (χ0v) is 14.7. The topological polar surface area (TPSA) is 54.4 Å². The van der Waals surface area contributed by atoms with Crippen molar-refractivity contribution < 1.29 is 14.7 Å². The number of hydrogen-bond acceptors (Lipinski definition) is 3. The summed E-state index contributed by atoms with van der Waals surface area (Å²) in [6.45, 7) is 7.07. The second kappa shape index (κ2) is 5.54. The van der Waals surface area contributed by atoms with Crippen molar-refractivity contribution in [3.63, 3.8) is 0 Å². The van der Waals surface area contributed by atoms with Crippen LogP contribution in [0.2, 0.25) is 0 Å². The number of carbonyl (C=O) groups is 2. The number of carbonyl (C=O) groups excluding carboxylic acids is 2. The largest absolute Gasteiger partial charge is 0.392 e. The van der Waals surface area contributed by atoms with Gasteiger partial charge in [0.05, 0.1) is 11.5 Å². The Morgan fingerprint density at radius 2 is 1.87 bits per heavy atom. The van der Waals surface area contributed by atoms with Gasteiger partial charge in [-0.15, -0.1) is 0 Å². The number of rotatable bonds is 2. The Balaban J connectivity index is 2.08. The maximum atomic E-state index is 12.2. The van der Waals surface area contributed by atoms with Gasteiger partial charge in [-0.2, -0.15) is 0 Å². The number of aldehydes is 2. The molecule has 0 heterocycles. The van der Waals surface area contributed by atoms with Crippen LogP contribution >= 0.6 is 0 Å². The van der Waals surface area contributed by atoms with E-state index in [4.69, 9.17) is 0 Å². The summed E-state index contributed by atoms with van der Waals surface area (Å²) < 4.78 is 0. The van der Waals surface area contributed by atoms with Crippen LogP contribution in [0.4, 0.5) is 0 Å². The molecule has 2 fully saturated rings. The summed E-state index contributed by atoms with van der Waals surface area (Å²) in [5, 5.41) is 10.8. The zero-order valence-electron chi connectivity index (χ0n) is 14.7. The van der Waals surface area contributed by atoms with E-state index in [0.29, 0.717) is 17.9 Å². The Labute approximate surface area is 139 Å². The molecule has 128 valence electrons. The van der Waals surface area contributed by atoms with Crippen molar-refractivity contribution in [2.45, 2.75) is 71.8 Å². The highest BCUT2D eigenvalue weighted by Crippen LogP contribution is 2.66. The van der Waals surface area contributed by atoms with Crippen molar-refractivity contribution >= 4 is 12.6 Å². The molecular formula is C20H30O3. The van der Waals surface area contributed by atoms with E-state index in [9.17, 15) is 14.7 Å². The average molecular weight is 318 g/mol. The lowest BCUT2D eigenvalue weighted by Crippen LogP contribution is -2.59. The van der Waals surface area contributed by atoms with Gasteiger partial charge in [0.2, 0.25) is 0 Å². The van der Waals surface area contributed by atoms with E-state index in [1.165, 1.54) is 12.8 Å². The fraction of sp³-hybridized carbons (Fsp3) is 0.800. The van der Waals surface area contributed by atoms with Crippen molar-refractivity contribution in [1.82, 2.24) is 0 Å².